The number of benzene rings is 3. The summed E-state index contributed by atoms with van der Waals surface area (Å²) in [7, 11) is -4.27. The summed E-state index contributed by atoms with van der Waals surface area (Å²) in [6.45, 7) is 3.15. The van der Waals surface area contributed by atoms with Crippen molar-refractivity contribution >= 4 is 50.7 Å². The van der Waals surface area contributed by atoms with Gasteiger partial charge in [0.2, 0.25) is 11.8 Å². The van der Waals surface area contributed by atoms with Gasteiger partial charge in [-0.15, -0.1) is 0 Å². The molecule has 3 rings (SSSR count). The van der Waals surface area contributed by atoms with Crippen LogP contribution in [0.15, 0.2) is 77.7 Å². The Bertz CT molecular complexity index is 1370. The Morgan fingerprint density at radius 2 is 1.61 bits per heavy atom. The zero-order chi connectivity index (χ0) is 27.9. The molecule has 3 aromatic rings. The smallest absolute Gasteiger partial charge is 0.264 e. The standard InChI is InChI=1S/C27H28Cl2FN3O4S/c1-3-23(27(35)31-4-2)32(17-19-13-15-20(30)16-14-19)25(34)18-33(24-12-8-11-22(28)26(24)29)38(36,37)21-9-6-5-7-10-21/h5-16,23H,3-4,17-18H2,1-2H3,(H,31,35)/t23-/m1/s1. The van der Waals surface area contributed by atoms with Crippen LogP contribution in [0.1, 0.15) is 25.8 Å². The number of rotatable bonds is 11. The van der Waals surface area contributed by atoms with E-state index >= 15 is 0 Å². The number of anilines is 1. The predicted octanol–water partition coefficient (Wildman–Crippen LogP) is 5.27. The van der Waals surface area contributed by atoms with Gasteiger partial charge in [-0.3, -0.25) is 13.9 Å². The minimum absolute atomic E-state index is 0.0177. The lowest BCUT2D eigenvalue weighted by Gasteiger charge is -2.33. The maximum Gasteiger partial charge on any atom is 0.264 e. The Balaban J connectivity index is 2.09. The Morgan fingerprint density at radius 1 is 0.947 bits per heavy atom. The van der Waals surface area contributed by atoms with E-state index in [0.717, 1.165) is 4.31 Å². The van der Waals surface area contributed by atoms with E-state index < -0.39 is 34.3 Å². The van der Waals surface area contributed by atoms with E-state index in [4.69, 9.17) is 23.2 Å². The monoisotopic (exact) mass is 579 g/mol. The van der Waals surface area contributed by atoms with Gasteiger partial charge in [0.1, 0.15) is 18.4 Å². The number of carbonyl (C=O) groups is 2. The van der Waals surface area contributed by atoms with Crippen molar-refractivity contribution in [2.45, 2.75) is 37.8 Å². The summed E-state index contributed by atoms with van der Waals surface area (Å²) in [5.74, 6) is -1.48. The highest BCUT2D eigenvalue weighted by Gasteiger charge is 2.34. The molecule has 0 aliphatic rings. The summed E-state index contributed by atoms with van der Waals surface area (Å²) in [4.78, 5) is 28.0. The number of amides is 2. The first-order valence-corrected chi connectivity index (χ1v) is 14.1. The second kappa shape index (κ2) is 13.1. The van der Waals surface area contributed by atoms with E-state index in [1.807, 2.05) is 0 Å². The molecular weight excluding hydrogens is 552 g/mol. The van der Waals surface area contributed by atoms with Crippen molar-refractivity contribution in [3.05, 3.63) is 94.2 Å². The highest BCUT2D eigenvalue weighted by atomic mass is 35.5. The molecule has 0 aromatic heterocycles. The van der Waals surface area contributed by atoms with E-state index in [0.29, 0.717) is 12.1 Å². The normalized spacial score (nSPS) is 12.0. The zero-order valence-corrected chi connectivity index (χ0v) is 23.2. The van der Waals surface area contributed by atoms with Gasteiger partial charge in [0, 0.05) is 13.1 Å². The molecule has 0 bridgehead atoms. The molecule has 0 aliphatic heterocycles. The van der Waals surface area contributed by atoms with Crippen LogP contribution in [-0.4, -0.2) is 44.3 Å². The lowest BCUT2D eigenvalue weighted by molar-refractivity contribution is -0.140. The number of nitrogens with one attached hydrogen (secondary N) is 1. The first kappa shape index (κ1) is 29.4. The second-order valence-corrected chi connectivity index (χ2v) is 11.0. The van der Waals surface area contributed by atoms with Crippen molar-refractivity contribution in [1.82, 2.24) is 10.2 Å². The summed E-state index contributed by atoms with van der Waals surface area (Å²) in [5.41, 5.74) is 0.588. The van der Waals surface area contributed by atoms with Gasteiger partial charge in [-0.25, -0.2) is 12.8 Å². The third-order valence-electron chi connectivity index (χ3n) is 5.81. The van der Waals surface area contributed by atoms with Crippen molar-refractivity contribution in [3.63, 3.8) is 0 Å². The lowest BCUT2D eigenvalue weighted by atomic mass is 10.1. The van der Waals surface area contributed by atoms with Gasteiger partial charge >= 0.3 is 0 Å². The molecule has 1 N–H and O–H groups in total. The molecule has 0 saturated heterocycles. The van der Waals surface area contributed by atoms with Crippen molar-refractivity contribution in [2.75, 3.05) is 17.4 Å². The van der Waals surface area contributed by atoms with E-state index in [-0.39, 0.29) is 39.5 Å². The molecular formula is C27H28Cl2FN3O4S. The predicted molar refractivity (Wildman–Crippen MR) is 147 cm³/mol. The minimum Gasteiger partial charge on any atom is -0.355 e. The van der Waals surface area contributed by atoms with E-state index in [1.165, 1.54) is 59.5 Å². The zero-order valence-electron chi connectivity index (χ0n) is 20.9. The van der Waals surface area contributed by atoms with Gasteiger partial charge in [-0.2, -0.15) is 0 Å². The SMILES string of the molecule is CCNC(=O)[C@@H](CC)N(Cc1ccc(F)cc1)C(=O)CN(c1cccc(Cl)c1Cl)S(=O)(=O)c1ccccc1. The summed E-state index contributed by atoms with van der Waals surface area (Å²) >= 11 is 12.6. The highest BCUT2D eigenvalue weighted by Crippen LogP contribution is 2.35. The Hall–Kier alpha value is -3.14. The summed E-state index contributed by atoms with van der Waals surface area (Å²) < 4.78 is 41.9. The van der Waals surface area contributed by atoms with Crippen molar-refractivity contribution in [1.29, 1.82) is 0 Å². The molecule has 0 saturated carbocycles. The van der Waals surface area contributed by atoms with E-state index in [2.05, 4.69) is 5.32 Å². The third-order valence-corrected chi connectivity index (χ3v) is 8.40. The third kappa shape index (κ3) is 6.83. The average molecular weight is 581 g/mol. The number of sulfonamides is 1. The second-order valence-electron chi connectivity index (χ2n) is 8.36. The lowest BCUT2D eigenvalue weighted by Crippen LogP contribution is -2.52. The topological polar surface area (TPSA) is 86.8 Å². The van der Waals surface area contributed by atoms with Gasteiger partial charge in [-0.05, 0) is 55.3 Å². The number of nitrogens with zero attached hydrogens (tertiary/aromatic N) is 2. The Morgan fingerprint density at radius 3 is 2.21 bits per heavy atom. The molecule has 0 radical (unpaired) electrons. The van der Waals surface area contributed by atoms with Crippen LogP contribution < -0.4 is 9.62 Å². The molecule has 2 amide bonds. The first-order chi connectivity index (χ1) is 18.1. The average Bonchev–Trinajstić information content (AvgIpc) is 2.90. The van der Waals surface area contributed by atoms with Crippen LogP contribution in [0, 0.1) is 5.82 Å². The fourth-order valence-electron chi connectivity index (χ4n) is 3.92. The van der Waals surface area contributed by atoms with Crippen LogP contribution in [0.5, 0.6) is 0 Å². The quantitative estimate of drug-likeness (QED) is 0.335. The summed E-state index contributed by atoms with van der Waals surface area (Å²) in [6, 6.07) is 16.7. The molecule has 0 fully saturated rings. The molecule has 0 spiro atoms. The number of halogens is 3. The summed E-state index contributed by atoms with van der Waals surface area (Å²) in [6.07, 6.45) is 0.266. The van der Waals surface area contributed by atoms with Crippen molar-refractivity contribution in [2.24, 2.45) is 0 Å². The van der Waals surface area contributed by atoms with Gasteiger partial charge in [0.25, 0.3) is 10.0 Å². The van der Waals surface area contributed by atoms with E-state index in [1.54, 1.807) is 32.0 Å². The fourth-order valence-corrected chi connectivity index (χ4v) is 5.81. The largest absolute Gasteiger partial charge is 0.355 e. The van der Waals surface area contributed by atoms with Crippen molar-refractivity contribution in [3.8, 4) is 0 Å². The van der Waals surface area contributed by atoms with Gasteiger partial charge in [0.15, 0.2) is 0 Å². The Labute approximate surface area is 232 Å². The molecule has 0 aliphatic carbocycles. The molecule has 11 heteroatoms. The molecule has 0 unspecified atom stereocenters. The number of hydrogen-bond donors (Lipinski definition) is 1. The van der Waals surface area contributed by atoms with Crippen LogP contribution in [0.3, 0.4) is 0 Å². The van der Waals surface area contributed by atoms with Crippen LogP contribution in [0.25, 0.3) is 0 Å². The molecule has 7 nitrogen and oxygen atoms in total. The summed E-state index contributed by atoms with van der Waals surface area (Å²) in [5, 5.41) is 2.79. The van der Waals surface area contributed by atoms with Crippen LogP contribution >= 0.6 is 23.2 Å². The van der Waals surface area contributed by atoms with Gasteiger partial charge in [-0.1, -0.05) is 66.5 Å². The number of hydrogen-bond acceptors (Lipinski definition) is 4. The van der Waals surface area contributed by atoms with Crippen LogP contribution in [-0.2, 0) is 26.2 Å². The maximum absolute atomic E-state index is 13.9. The molecule has 38 heavy (non-hydrogen) atoms. The Kier molecular flexibility index (Phi) is 10.1. The van der Waals surface area contributed by atoms with Gasteiger partial charge in [0.05, 0.1) is 20.6 Å². The van der Waals surface area contributed by atoms with Crippen molar-refractivity contribution < 1.29 is 22.4 Å². The first-order valence-electron chi connectivity index (χ1n) is 11.9. The fraction of sp³-hybridized carbons (Fsp3) is 0.259. The molecule has 3 aromatic carbocycles. The maximum atomic E-state index is 13.9. The van der Waals surface area contributed by atoms with Crippen LogP contribution in [0.2, 0.25) is 10.0 Å². The van der Waals surface area contributed by atoms with E-state index in [9.17, 15) is 22.4 Å². The number of carbonyl (C=O) groups excluding carboxylic acids is 2. The molecule has 202 valence electrons. The van der Waals surface area contributed by atoms with Crippen LogP contribution in [0.4, 0.5) is 10.1 Å². The highest BCUT2D eigenvalue weighted by molar-refractivity contribution is 7.92. The number of likely N-dealkylation sites (N-methyl/N-ethyl adjacent to an activating group) is 1. The van der Waals surface area contributed by atoms with Gasteiger partial charge < -0.3 is 10.2 Å². The molecule has 0 heterocycles. The minimum atomic E-state index is -4.27. The molecule has 1 atom stereocenters.